The number of nitrogens with zero attached hydrogens (tertiary/aromatic N) is 3. The van der Waals surface area contributed by atoms with Gasteiger partial charge in [0.1, 0.15) is 6.33 Å². The molecule has 0 N–H and O–H groups in total. The van der Waals surface area contributed by atoms with Gasteiger partial charge in [0, 0.05) is 11.4 Å². The average Bonchev–Trinajstić information content (AvgIpc) is 2.56. The summed E-state index contributed by atoms with van der Waals surface area (Å²) in [6, 6.07) is 15.0. The number of nitriles is 1. The molecular weight excluding hydrogens is 278 g/mol. The Kier molecular flexibility index (Phi) is 4.52. The third-order valence-electron chi connectivity index (χ3n) is 4.06. The zero-order valence-corrected chi connectivity index (χ0v) is 12.5. The molecule has 0 saturated heterocycles. The van der Waals surface area contributed by atoms with Crippen LogP contribution in [-0.2, 0) is 0 Å². The molecule has 21 heavy (non-hydrogen) atoms. The molecule has 0 bridgehead atoms. The number of aromatic nitrogens is 2. The highest BCUT2D eigenvalue weighted by molar-refractivity contribution is 7.99. The zero-order valence-electron chi connectivity index (χ0n) is 11.7. The van der Waals surface area contributed by atoms with Gasteiger partial charge in [-0.2, -0.15) is 5.26 Å². The van der Waals surface area contributed by atoms with Crippen LogP contribution >= 0.6 is 11.8 Å². The first kappa shape index (κ1) is 14.1. The Morgan fingerprint density at radius 1 is 1.14 bits per heavy atom. The van der Waals surface area contributed by atoms with Gasteiger partial charge >= 0.3 is 0 Å². The van der Waals surface area contributed by atoms with Crippen molar-refractivity contribution in [2.45, 2.75) is 35.5 Å². The summed E-state index contributed by atoms with van der Waals surface area (Å²) in [5.74, 6) is 0.667. The Bertz CT molecular complexity index is 609. The van der Waals surface area contributed by atoms with Crippen molar-refractivity contribution >= 4 is 11.8 Å². The second kappa shape index (κ2) is 6.73. The lowest BCUT2D eigenvalue weighted by Gasteiger charge is -2.32. The third-order valence-corrected chi connectivity index (χ3v) is 5.36. The van der Waals surface area contributed by atoms with Crippen LogP contribution in [0, 0.1) is 17.2 Å². The van der Waals surface area contributed by atoms with Crippen LogP contribution in [0.1, 0.15) is 30.7 Å². The fraction of sp³-hybridized carbons (Fsp3) is 0.353. The largest absolute Gasteiger partial charge is 0.245 e. The molecule has 0 aliphatic heterocycles. The van der Waals surface area contributed by atoms with Crippen molar-refractivity contribution in [1.82, 2.24) is 9.97 Å². The van der Waals surface area contributed by atoms with Gasteiger partial charge in [0.2, 0.25) is 0 Å². The first-order chi connectivity index (χ1) is 10.4. The van der Waals surface area contributed by atoms with Crippen molar-refractivity contribution in [3.63, 3.8) is 0 Å². The van der Waals surface area contributed by atoms with E-state index in [9.17, 15) is 5.26 Å². The van der Waals surface area contributed by atoms with E-state index in [-0.39, 0.29) is 5.92 Å². The van der Waals surface area contributed by atoms with Crippen LogP contribution < -0.4 is 0 Å². The number of benzene rings is 1. The molecule has 1 aromatic heterocycles. The van der Waals surface area contributed by atoms with E-state index < -0.39 is 0 Å². The normalized spacial score (nSPS) is 25.2. The maximum atomic E-state index is 9.40. The minimum Gasteiger partial charge on any atom is -0.245 e. The molecule has 1 heterocycles. The number of hydrogen-bond acceptors (Lipinski definition) is 4. The molecule has 2 aromatic rings. The molecule has 3 atom stereocenters. The second-order valence-electron chi connectivity index (χ2n) is 5.36. The van der Waals surface area contributed by atoms with Gasteiger partial charge in [-0.1, -0.05) is 30.3 Å². The Balaban J connectivity index is 1.75. The average molecular weight is 295 g/mol. The summed E-state index contributed by atoms with van der Waals surface area (Å²) in [7, 11) is 0. The van der Waals surface area contributed by atoms with E-state index in [0.717, 1.165) is 24.3 Å². The lowest BCUT2D eigenvalue weighted by atomic mass is 9.79. The van der Waals surface area contributed by atoms with E-state index in [4.69, 9.17) is 0 Å². The lowest BCUT2D eigenvalue weighted by molar-refractivity contribution is 0.393. The maximum Gasteiger partial charge on any atom is 0.116 e. The van der Waals surface area contributed by atoms with Gasteiger partial charge in [0.05, 0.1) is 17.0 Å². The Labute approximate surface area is 129 Å². The molecule has 0 amide bonds. The molecule has 0 radical (unpaired) electrons. The first-order valence-electron chi connectivity index (χ1n) is 7.24. The van der Waals surface area contributed by atoms with E-state index >= 15 is 0 Å². The Hall–Kier alpha value is -1.86. The van der Waals surface area contributed by atoms with Crippen LogP contribution in [0.2, 0.25) is 0 Å². The van der Waals surface area contributed by atoms with Gasteiger partial charge in [0.25, 0.3) is 0 Å². The summed E-state index contributed by atoms with van der Waals surface area (Å²) in [5.41, 5.74) is 1.39. The molecule has 3 rings (SSSR count). The van der Waals surface area contributed by atoms with Gasteiger partial charge in [-0.3, -0.25) is 0 Å². The van der Waals surface area contributed by atoms with Crippen LogP contribution in [0.3, 0.4) is 0 Å². The molecule has 1 aliphatic carbocycles. The molecule has 1 aliphatic rings. The predicted octanol–water partition coefficient (Wildman–Crippen LogP) is 4.04. The molecule has 1 saturated carbocycles. The minimum absolute atomic E-state index is 0.116. The first-order valence-corrected chi connectivity index (χ1v) is 8.12. The van der Waals surface area contributed by atoms with Crippen molar-refractivity contribution in [3.8, 4) is 6.07 Å². The third kappa shape index (κ3) is 3.43. The summed E-state index contributed by atoms with van der Waals surface area (Å²) in [5, 5.41) is 10.7. The molecule has 0 spiro atoms. The van der Waals surface area contributed by atoms with E-state index in [1.807, 2.05) is 6.07 Å². The standard InChI is InChI=1S/C17H17N3S/c18-11-15-7-6-14(13-4-2-1-3-5-13)10-16(15)21-17-8-9-19-12-20-17/h1-5,8-9,12,14-16H,6-7,10H2. The van der Waals surface area contributed by atoms with Crippen molar-refractivity contribution in [1.29, 1.82) is 5.26 Å². The van der Waals surface area contributed by atoms with Crippen molar-refractivity contribution in [3.05, 3.63) is 54.5 Å². The van der Waals surface area contributed by atoms with E-state index in [0.29, 0.717) is 11.2 Å². The van der Waals surface area contributed by atoms with Crippen LogP contribution in [0.4, 0.5) is 0 Å². The second-order valence-corrected chi connectivity index (χ2v) is 6.62. The van der Waals surface area contributed by atoms with Crippen molar-refractivity contribution < 1.29 is 0 Å². The van der Waals surface area contributed by atoms with E-state index in [2.05, 4.69) is 46.4 Å². The quantitative estimate of drug-likeness (QED) is 0.802. The van der Waals surface area contributed by atoms with Gasteiger partial charge in [-0.05, 0) is 36.8 Å². The van der Waals surface area contributed by atoms with Crippen LogP contribution in [0.25, 0.3) is 0 Å². The molecule has 1 aromatic carbocycles. The van der Waals surface area contributed by atoms with Crippen LogP contribution in [0.5, 0.6) is 0 Å². The minimum atomic E-state index is 0.116. The summed E-state index contributed by atoms with van der Waals surface area (Å²) in [6.07, 6.45) is 6.44. The highest BCUT2D eigenvalue weighted by atomic mass is 32.2. The molecule has 4 heteroatoms. The summed E-state index contributed by atoms with van der Waals surface area (Å²) >= 11 is 1.72. The predicted molar refractivity (Wildman–Crippen MR) is 83.8 cm³/mol. The molecule has 3 unspecified atom stereocenters. The number of hydrogen-bond donors (Lipinski definition) is 0. The van der Waals surface area contributed by atoms with Gasteiger partial charge in [0.15, 0.2) is 0 Å². The summed E-state index contributed by atoms with van der Waals surface area (Å²) in [6.45, 7) is 0. The fourth-order valence-corrected chi connectivity index (χ4v) is 4.19. The maximum absolute atomic E-state index is 9.40. The highest BCUT2D eigenvalue weighted by Crippen LogP contribution is 2.42. The molecule has 1 fully saturated rings. The molecule has 3 nitrogen and oxygen atoms in total. The fourth-order valence-electron chi connectivity index (χ4n) is 2.94. The Morgan fingerprint density at radius 3 is 2.71 bits per heavy atom. The highest BCUT2D eigenvalue weighted by Gasteiger charge is 2.32. The monoisotopic (exact) mass is 295 g/mol. The van der Waals surface area contributed by atoms with E-state index in [1.54, 1.807) is 24.3 Å². The SMILES string of the molecule is N#CC1CCC(c2ccccc2)CC1Sc1ccncn1. The molecular formula is C17H17N3S. The number of thioether (sulfide) groups is 1. The Morgan fingerprint density at radius 2 is 2.00 bits per heavy atom. The molecule has 106 valence electrons. The van der Waals surface area contributed by atoms with Crippen LogP contribution in [0.15, 0.2) is 53.9 Å². The smallest absolute Gasteiger partial charge is 0.116 e. The zero-order chi connectivity index (χ0) is 14.5. The summed E-state index contributed by atoms with van der Waals surface area (Å²) < 4.78 is 0. The van der Waals surface area contributed by atoms with Crippen molar-refractivity contribution in [2.75, 3.05) is 0 Å². The van der Waals surface area contributed by atoms with Gasteiger partial charge in [-0.25, -0.2) is 9.97 Å². The van der Waals surface area contributed by atoms with Gasteiger partial charge < -0.3 is 0 Å². The summed E-state index contributed by atoms with van der Waals surface area (Å²) in [4.78, 5) is 8.23. The van der Waals surface area contributed by atoms with Crippen molar-refractivity contribution in [2.24, 2.45) is 5.92 Å². The van der Waals surface area contributed by atoms with Gasteiger partial charge in [-0.15, -0.1) is 11.8 Å². The van der Waals surface area contributed by atoms with Crippen LogP contribution in [-0.4, -0.2) is 15.2 Å². The lowest BCUT2D eigenvalue weighted by Crippen LogP contribution is -2.25. The van der Waals surface area contributed by atoms with E-state index in [1.165, 1.54) is 5.56 Å². The number of rotatable bonds is 3. The topological polar surface area (TPSA) is 49.6 Å².